The number of likely N-dealkylation sites (tertiary alicyclic amines) is 1. The van der Waals surface area contributed by atoms with Crippen molar-refractivity contribution in [1.82, 2.24) is 10.3 Å². The van der Waals surface area contributed by atoms with Gasteiger partial charge in [-0.2, -0.15) is 0 Å². The predicted octanol–water partition coefficient (Wildman–Crippen LogP) is 1.77. The van der Waals surface area contributed by atoms with Gasteiger partial charge in [0.15, 0.2) is 0 Å². The highest BCUT2D eigenvalue weighted by atomic mass is 16.2. The Hall–Kier alpha value is -1.39. The monoisotopic (exact) mass is 261 g/mol. The number of carbonyl (C=O) groups is 1. The van der Waals surface area contributed by atoms with Gasteiger partial charge in [-0.05, 0) is 42.5 Å². The average molecular weight is 261 g/mol. The largest absolute Gasteiger partial charge is 0.299 e. The lowest BCUT2D eigenvalue weighted by Crippen LogP contribution is -2.29. The molecular weight excluding hydrogens is 238 g/mol. The van der Waals surface area contributed by atoms with Crippen LogP contribution in [0.3, 0.4) is 0 Å². The van der Waals surface area contributed by atoms with Gasteiger partial charge in [0.25, 0.3) is 5.91 Å². The second-order valence-electron chi connectivity index (χ2n) is 5.70. The van der Waals surface area contributed by atoms with E-state index in [1.165, 1.54) is 25.1 Å². The molecule has 0 aromatic heterocycles. The number of nitrogens with one attached hydrogen (secondary N) is 1. The molecule has 19 heavy (non-hydrogen) atoms. The molecule has 1 heterocycles. The summed E-state index contributed by atoms with van der Waals surface area (Å²) in [5.74, 6) is 6.45. The molecule has 0 radical (unpaired) electrons. The minimum atomic E-state index is -0.243. The van der Waals surface area contributed by atoms with E-state index in [1.807, 2.05) is 24.3 Å². The Morgan fingerprint density at radius 2 is 2.11 bits per heavy atom. The van der Waals surface area contributed by atoms with Crippen LogP contribution in [0.1, 0.15) is 36.2 Å². The molecule has 4 nitrogen and oxygen atoms in total. The Morgan fingerprint density at radius 3 is 2.63 bits per heavy atom. The molecule has 1 fully saturated rings. The van der Waals surface area contributed by atoms with Gasteiger partial charge >= 0.3 is 0 Å². The van der Waals surface area contributed by atoms with E-state index in [2.05, 4.69) is 24.2 Å². The number of amides is 1. The second kappa shape index (κ2) is 6.17. The third kappa shape index (κ3) is 3.55. The quantitative estimate of drug-likeness (QED) is 0.493. The van der Waals surface area contributed by atoms with Gasteiger partial charge in [0.2, 0.25) is 0 Å². The van der Waals surface area contributed by atoms with Crippen LogP contribution in [-0.4, -0.2) is 23.9 Å². The highest BCUT2D eigenvalue weighted by Gasteiger charge is 2.24. The summed E-state index contributed by atoms with van der Waals surface area (Å²) in [6.07, 6.45) is 1.30. The van der Waals surface area contributed by atoms with E-state index in [0.29, 0.717) is 5.56 Å². The summed E-state index contributed by atoms with van der Waals surface area (Å²) in [5.41, 5.74) is 4.00. The maximum Gasteiger partial charge on any atom is 0.265 e. The third-order valence-electron chi connectivity index (χ3n) is 4.01. The third-order valence-corrected chi connectivity index (χ3v) is 4.01. The summed E-state index contributed by atoms with van der Waals surface area (Å²) in [6.45, 7) is 7.92. The molecule has 1 aromatic carbocycles. The van der Waals surface area contributed by atoms with Crippen LogP contribution in [-0.2, 0) is 6.54 Å². The minimum absolute atomic E-state index is 0.243. The van der Waals surface area contributed by atoms with Crippen LogP contribution < -0.4 is 11.3 Å². The molecule has 1 amide bonds. The van der Waals surface area contributed by atoms with E-state index < -0.39 is 0 Å². The Balaban J connectivity index is 1.92. The molecule has 0 aliphatic carbocycles. The maximum atomic E-state index is 11.3. The summed E-state index contributed by atoms with van der Waals surface area (Å²) in [4.78, 5) is 13.8. The van der Waals surface area contributed by atoms with Gasteiger partial charge in [-0.15, -0.1) is 0 Å². The zero-order valence-corrected chi connectivity index (χ0v) is 11.7. The lowest BCUT2D eigenvalue weighted by molar-refractivity contribution is 0.0953. The number of nitrogens with zero attached hydrogens (tertiary/aromatic N) is 1. The van der Waals surface area contributed by atoms with Crippen LogP contribution in [0.25, 0.3) is 0 Å². The number of nitrogens with two attached hydrogens (primary N) is 1. The molecule has 2 rings (SSSR count). The zero-order chi connectivity index (χ0) is 13.8. The Labute approximate surface area is 114 Å². The molecule has 0 bridgehead atoms. The van der Waals surface area contributed by atoms with Crippen LogP contribution in [0.15, 0.2) is 24.3 Å². The number of hydrogen-bond acceptors (Lipinski definition) is 3. The first-order valence-electron chi connectivity index (χ1n) is 6.92. The number of rotatable bonds is 4. The number of nitrogen functional groups attached to an aromatic ring is 1. The van der Waals surface area contributed by atoms with Gasteiger partial charge in [-0.25, -0.2) is 5.84 Å². The molecular formula is C15H23N3O. The number of hydrogen-bond donors (Lipinski definition) is 2. The SMILES string of the molecule is CC(C)C1CCN(Cc2ccc(C(=O)NN)cc2)C1. The van der Waals surface area contributed by atoms with Crippen LogP contribution in [0, 0.1) is 11.8 Å². The van der Waals surface area contributed by atoms with Crippen molar-refractivity contribution in [3.63, 3.8) is 0 Å². The lowest BCUT2D eigenvalue weighted by Gasteiger charge is -2.18. The van der Waals surface area contributed by atoms with Crippen molar-refractivity contribution in [3.05, 3.63) is 35.4 Å². The van der Waals surface area contributed by atoms with E-state index in [0.717, 1.165) is 18.4 Å². The van der Waals surface area contributed by atoms with Gasteiger partial charge in [0.05, 0.1) is 0 Å². The molecule has 104 valence electrons. The molecule has 1 aliphatic rings. The fourth-order valence-electron chi connectivity index (χ4n) is 2.65. The van der Waals surface area contributed by atoms with Crippen LogP contribution in [0.5, 0.6) is 0 Å². The van der Waals surface area contributed by atoms with Crippen molar-refractivity contribution in [1.29, 1.82) is 0 Å². The number of benzene rings is 1. The molecule has 1 unspecified atom stereocenters. The molecule has 1 saturated heterocycles. The van der Waals surface area contributed by atoms with Crippen molar-refractivity contribution in [2.75, 3.05) is 13.1 Å². The Bertz CT molecular complexity index is 428. The lowest BCUT2D eigenvalue weighted by atomic mass is 9.95. The molecule has 1 atom stereocenters. The van der Waals surface area contributed by atoms with Crippen LogP contribution in [0.4, 0.5) is 0 Å². The number of carbonyl (C=O) groups excluding carboxylic acids is 1. The van der Waals surface area contributed by atoms with Crippen molar-refractivity contribution in [2.45, 2.75) is 26.8 Å². The molecule has 3 N–H and O–H groups in total. The Kier molecular flexibility index (Phi) is 4.56. The van der Waals surface area contributed by atoms with Crippen molar-refractivity contribution < 1.29 is 4.79 Å². The van der Waals surface area contributed by atoms with Crippen LogP contribution >= 0.6 is 0 Å². The first-order chi connectivity index (χ1) is 9.10. The topological polar surface area (TPSA) is 58.4 Å². The fourth-order valence-corrected chi connectivity index (χ4v) is 2.65. The Morgan fingerprint density at radius 1 is 1.42 bits per heavy atom. The van der Waals surface area contributed by atoms with Crippen molar-refractivity contribution in [2.24, 2.45) is 17.7 Å². The minimum Gasteiger partial charge on any atom is -0.299 e. The standard InChI is InChI=1S/C15H23N3O/c1-11(2)14-7-8-18(10-14)9-12-3-5-13(6-4-12)15(19)17-16/h3-6,11,14H,7-10,16H2,1-2H3,(H,17,19). The predicted molar refractivity (Wildman–Crippen MR) is 76.3 cm³/mol. The van der Waals surface area contributed by atoms with E-state index >= 15 is 0 Å². The number of hydrazine groups is 1. The summed E-state index contributed by atoms with van der Waals surface area (Å²) in [5, 5.41) is 0. The first-order valence-corrected chi connectivity index (χ1v) is 6.92. The van der Waals surface area contributed by atoms with Gasteiger partial charge in [0, 0.05) is 18.7 Å². The molecule has 0 spiro atoms. The zero-order valence-electron chi connectivity index (χ0n) is 11.7. The van der Waals surface area contributed by atoms with Crippen LogP contribution in [0.2, 0.25) is 0 Å². The van der Waals surface area contributed by atoms with Crippen molar-refractivity contribution in [3.8, 4) is 0 Å². The van der Waals surface area contributed by atoms with Gasteiger partial charge in [0.1, 0.15) is 0 Å². The van der Waals surface area contributed by atoms with Gasteiger partial charge in [-0.3, -0.25) is 15.1 Å². The fraction of sp³-hybridized carbons (Fsp3) is 0.533. The molecule has 1 aliphatic heterocycles. The first kappa shape index (κ1) is 14.0. The summed E-state index contributed by atoms with van der Waals surface area (Å²) in [7, 11) is 0. The van der Waals surface area contributed by atoms with E-state index in [1.54, 1.807) is 0 Å². The van der Waals surface area contributed by atoms with E-state index in [-0.39, 0.29) is 5.91 Å². The van der Waals surface area contributed by atoms with Crippen molar-refractivity contribution >= 4 is 5.91 Å². The van der Waals surface area contributed by atoms with E-state index in [4.69, 9.17) is 5.84 Å². The summed E-state index contributed by atoms with van der Waals surface area (Å²) in [6, 6.07) is 7.67. The normalized spacial score (nSPS) is 19.9. The molecule has 4 heteroatoms. The average Bonchev–Trinajstić information content (AvgIpc) is 2.87. The second-order valence-corrected chi connectivity index (χ2v) is 5.70. The summed E-state index contributed by atoms with van der Waals surface area (Å²) >= 11 is 0. The van der Waals surface area contributed by atoms with E-state index in [9.17, 15) is 4.79 Å². The van der Waals surface area contributed by atoms with Gasteiger partial charge < -0.3 is 0 Å². The molecule has 1 aromatic rings. The van der Waals surface area contributed by atoms with Gasteiger partial charge in [-0.1, -0.05) is 26.0 Å². The molecule has 0 saturated carbocycles. The highest BCUT2D eigenvalue weighted by molar-refractivity contribution is 5.93. The maximum absolute atomic E-state index is 11.3. The highest BCUT2D eigenvalue weighted by Crippen LogP contribution is 2.24. The summed E-state index contributed by atoms with van der Waals surface area (Å²) < 4.78 is 0. The smallest absolute Gasteiger partial charge is 0.265 e.